The fourth-order valence-electron chi connectivity index (χ4n) is 2.65. The van der Waals surface area contributed by atoms with Crippen molar-refractivity contribution >= 4 is 5.91 Å². The van der Waals surface area contributed by atoms with Crippen molar-refractivity contribution < 1.29 is 4.79 Å². The van der Waals surface area contributed by atoms with E-state index in [1.54, 1.807) is 0 Å². The average molecular weight is 269 g/mol. The van der Waals surface area contributed by atoms with E-state index in [0.717, 1.165) is 38.8 Å². The van der Waals surface area contributed by atoms with Gasteiger partial charge in [0.25, 0.3) is 0 Å². The Balaban J connectivity index is 2.23. The predicted molar refractivity (Wildman–Crippen MR) is 79.9 cm³/mol. The monoisotopic (exact) mass is 269 g/mol. The minimum absolute atomic E-state index is 0.117. The number of nitrogens with zero attached hydrogens (tertiary/aromatic N) is 1. The molecule has 0 radical (unpaired) electrons. The van der Waals surface area contributed by atoms with Gasteiger partial charge in [0.05, 0.1) is 0 Å². The van der Waals surface area contributed by atoms with Crippen LogP contribution in [0.1, 0.15) is 46.5 Å². The lowest BCUT2D eigenvalue weighted by molar-refractivity contribution is -0.127. The summed E-state index contributed by atoms with van der Waals surface area (Å²) in [5.41, 5.74) is 5.97. The predicted octanol–water partition coefficient (Wildman–Crippen LogP) is 1.60. The first-order valence-corrected chi connectivity index (χ1v) is 7.65. The highest BCUT2D eigenvalue weighted by molar-refractivity contribution is 5.79. The van der Waals surface area contributed by atoms with E-state index in [1.807, 2.05) is 0 Å². The number of hydrogen-bond donors (Lipinski definition) is 2. The highest BCUT2D eigenvalue weighted by Gasteiger charge is 2.30. The van der Waals surface area contributed by atoms with Crippen molar-refractivity contribution in [1.29, 1.82) is 0 Å². The summed E-state index contributed by atoms with van der Waals surface area (Å²) in [4.78, 5) is 14.4. The van der Waals surface area contributed by atoms with Crippen LogP contribution in [0.5, 0.6) is 0 Å². The van der Waals surface area contributed by atoms with Crippen LogP contribution in [0.4, 0.5) is 0 Å². The van der Waals surface area contributed by atoms with Crippen LogP contribution in [0.25, 0.3) is 0 Å². The maximum Gasteiger partial charge on any atom is 0.223 e. The van der Waals surface area contributed by atoms with Gasteiger partial charge >= 0.3 is 0 Å². The van der Waals surface area contributed by atoms with E-state index in [9.17, 15) is 4.79 Å². The van der Waals surface area contributed by atoms with Crippen molar-refractivity contribution in [3.63, 3.8) is 0 Å². The molecule has 1 saturated carbocycles. The third-order valence-corrected chi connectivity index (χ3v) is 4.44. The number of rotatable bonds is 6. The van der Waals surface area contributed by atoms with E-state index < -0.39 is 0 Å². The summed E-state index contributed by atoms with van der Waals surface area (Å²) in [6.45, 7) is 8.34. The summed E-state index contributed by atoms with van der Waals surface area (Å²) < 4.78 is 0. The lowest BCUT2D eigenvalue weighted by Gasteiger charge is -2.31. The van der Waals surface area contributed by atoms with Crippen molar-refractivity contribution in [3.8, 4) is 0 Å². The zero-order chi connectivity index (χ0) is 14.4. The van der Waals surface area contributed by atoms with Gasteiger partial charge in [0.1, 0.15) is 0 Å². The molecule has 1 aliphatic rings. The molecular formula is C15H31N3O. The topological polar surface area (TPSA) is 58.4 Å². The molecule has 0 saturated heterocycles. The molecule has 3 unspecified atom stereocenters. The second kappa shape index (κ2) is 7.85. The molecule has 0 aromatic rings. The van der Waals surface area contributed by atoms with Crippen LogP contribution >= 0.6 is 0 Å². The molecule has 1 aliphatic carbocycles. The smallest absolute Gasteiger partial charge is 0.223 e. The van der Waals surface area contributed by atoms with Gasteiger partial charge < -0.3 is 16.0 Å². The lowest BCUT2D eigenvalue weighted by atomic mass is 9.78. The second-order valence-corrected chi connectivity index (χ2v) is 6.38. The minimum Gasteiger partial charge on any atom is -0.356 e. The average Bonchev–Trinajstić information content (AvgIpc) is 2.36. The zero-order valence-corrected chi connectivity index (χ0v) is 13.0. The first-order chi connectivity index (χ1) is 8.91. The molecule has 0 bridgehead atoms. The van der Waals surface area contributed by atoms with Gasteiger partial charge in [-0.25, -0.2) is 0 Å². The van der Waals surface area contributed by atoms with Gasteiger partial charge in [-0.15, -0.1) is 0 Å². The van der Waals surface area contributed by atoms with Gasteiger partial charge in [0.15, 0.2) is 0 Å². The number of nitrogens with two attached hydrogens (primary N) is 1. The third-order valence-electron chi connectivity index (χ3n) is 4.44. The summed E-state index contributed by atoms with van der Waals surface area (Å²) >= 11 is 0. The number of carbonyl (C=O) groups is 1. The van der Waals surface area contributed by atoms with Gasteiger partial charge in [-0.2, -0.15) is 0 Å². The van der Waals surface area contributed by atoms with Gasteiger partial charge in [0.2, 0.25) is 5.91 Å². The summed E-state index contributed by atoms with van der Waals surface area (Å²) in [5, 5.41) is 3.08. The van der Waals surface area contributed by atoms with Gasteiger partial charge in [-0.05, 0) is 59.0 Å². The third kappa shape index (κ3) is 5.49. The molecule has 19 heavy (non-hydrogen) atoms. The van der Waals surface area contributed by atoms with Crippen molar-refractivity contribution in [2.75, 3.05) is 20.1 Å². The first kappa shape index (κ1) is 16.4. The molecule has 4 heteroatoms. The molecule has 1 amide bonds. The molecule has 0 heterocycles. The van der Waals surface area contributed by atoms with E-state index >= 15 is 0 Å². The normalized spacial score (nSPS) is 27.8. The molecule has 0 aromatic heterocycles. The molecule has 3 N–H and O–H groups in total. The Morgan fingerprint density at radius 1 is 1.42 bits per heavy atom. The number of amides is 1. The summed E-state index contributed by atoms with van der Waals surface area (Å²) in [7, 11) is 2.12. The van der Waals surface area contributed by atoms with E-state index in [1.165, 1.54) is 0 Å². The van der Waals surface area contributed by atoms with E-state index in [0.29, 0.717) is 12.0 Å². The van der Waals surface area contributed by atoms with Crippen molar-refractivity contribution in [2.45, 2.75) is 58.5 Å². The summed E-state index contributed by atoms with van der Waals surface area (Å²) in [6, 6.07) is 0.770. The van der Waals surface area contributed by atoms with Crippen LogP contribution in [0.3, 0.4) is 0 Å². The lowest BCUT2D eigenvalue weighted by Crippen LogP contribution is -2.42. The molecule has 112 valence electrons. The Labute approximate surface area is 118 Å². The van der Waals surface area contributed by atoms with E-state index in [-0.39, 0.29) is 17.9 Å². The Kier molecular flexibility index (Phi) is 6.80. The largest absolute Gasteiger partial charge is 0.356 e. The standard InChI is InChI=1S/C15H31N3O/c1-11(2)18(4)9-5-8-17-15(19)14-10-13(16)7-6-12(14)3/h11-14H,5-10,16H2,1-4H3,(H,17,19). The Hall–Kier alpha value is -0.610. The van der Waals surface area contributed by atoms with Crippen LogP contribution < -0.4 is 11.1 Å². The van der Waals surface area contributed by atoms with Crippen LogP contribution in [0.2, 0.25) is 0 Å². The minimum atomic E-state index is 0.117. The summed E-state index contributed by atoms with van der Waals surface area (Å²) in [5.74, 6) is 0.791. The molecule has 3 atom stereocenters. The molecule has 1 fully saturated rings. The summed E-state index contributed by atoms with van der Waals surface area (Å²) in [6.07, 6.45) is 3.99. The fraction of sp³-hybridized carbons (Fsp3) is 0.933. The van der Waals surface area contributed by atoms with E-state index in [2.05, 4.69) is 38.0 Å². The Bertz CT molecular complexity index is 281. The molecule has 0 aliphatic heterocycles. The maximum absolute atomic E-state index is 12.2. The first-order valence-electron chi connectivity index (χ1n) is 7.65. The number of hydrogen-bond acceptors (Lipinski definition) is 3. The van der Waals surface area contributed by atoms with Crippen molar-refractivity contribution in [3.05, 3.63) is 0 Å². The van der Waals surface area contributed by atoms with Crippen LogP contribution in [0.15, 0.2) is 0 Å². The van der Waals surface area contributed by atoms with E-state index in [4.69, 9.17) is 5.73 Å². The van der Waals surface area contributed by atoms with Gasteiger partial charge in [-0.3, -0.25) is 4.79 Å². The molecule has 0 aromatic carbocycles. The SMILES string of the molecule is CC1CCC(N)CC1C(=O)NCCCN(C)C(C)C. The highest BCUT2D eigenvalue weighted by atomic mass is 16.1. The molecule has 4 nitrogen and oxygen atoms in total. The Morgan fingerprint density at radius 3 is 2.74 bits per heavy atom. The zero-order valence-electron chi connectivity index (χ0n) is 13.0. The molecule has 0 spiro atoms. The van der Waals surface area contributed by atoms with Crippen LogP contribution in [-0.4, -0.2) is 43.0 Å². The number of nitrogens with one attached hydrogen (secondary N) is 1. The van der Waals surface area contributed by atoms with Crippen molar-refractivity contribution in [2.24, 2.45) is 17.6 Å². The maximum atomic E-state index is 12.2. The van der Waals surface area contributed by atoms with Gasteiger partial charge in [0, 0.05) is 24.5 Å². The van der Waals surface area contributed by atoms with Crippen LogP contribution in [0, 0.1) is 11.8 Å². The number of carbonyl (C=O) groups excluding carboxylic acids is 1. The quantitative estimate of drug-likeness (QED) is 0.720. The molecule has 1 rings (SSSR count). The highest BCUT2D eigenvalue weighted by Crippen LogP contribution is 2.29. The van der Waals surface area contributed by atoms with Crippen molar-refractivity contribution in [1.82, 2.24) is 10.2 Å². The fourth-order valence-corrected chi connectivity index (χ4v) is 2.65. The van der Waals surface area contributed by atoms with Crippen LogP contribution in [-0.2, 0) is 4.79 Å². The second-order valence-electron chi connectivity index (χ2n) is 6.38. The molecular weight excluding hydrogens is 238 g/mol. The van der Waals surface area contributed by atoms with Gasteiger partial charge in [-0.1, -0.05) is 6.92 Å². The Morgan fingerprint density at radius 2 is 2.11 bits per heavy atom.